The molecule has 1 aromatic rings. The van der Waals surface area contributed by atoms with Gasteiger partial charge in [-0.25, -0.2) is 9.69 Å². The largest absolute Gasteiger partial charge is 0.444 e. The number of carbonyl (C=O) groups is 3. The molecule has 1 aromatic carbocycles. The van der Waals surface area contributed by atoms with E-state index < -0.39 is 17.9 Å². The summed E-state index contributed by atoms with van der Waals surface area (Å²) in [5.74, 6) is -1.24. The Morgan fingerprint density at radius 1 is 1.23 bits per heavy atom. The van der Waals surface area contributed by atoms with Crippen LogP contribution in [0.1, 0.15) is 5.56 Å². The Kier molecular flexibility index (Phi) is 4.57. The number of amides is 3. The van der Waals surface area contributed by atoms with Crippen LogP contribution in [0.2, 0.25) is 0 Å². The fraction of sp³-hybridized carbons (Fsp3) is 0.133. The van der Waals surface area contributed by atoms with Gasteiger partial charge in [-0.1, -0.05) is 30.3 Å². The van der Waals surface area contributed by atoms with Gasteiger partial charge >= 0.3 is 6.09 Å². The second-order valence-corrected chi connectivity index (χ2v) is 4.55. The Balaban J connectivity index is 2.15. The van der Waals surface area contributed by atoms with E-state index in [-0.39, 0.29) is 12.3 Å². The van der Waals surface area contributed by atoms with Crippen molar-refractivity contribution in [3.05, 3.63) is 60.1 Å². The number of primary amides is 1. The number of hydrogen-bond donors (Lipinski definition) is 1. The number of likely N-dealkylation sites (N-methyl/N-ethyl adjacent to an activating group) is 1. The Morgan fingerprint density at radius 3 is 2.55 bits per heavy atom. The van der Waals surface area contributed by atoms with Crippen LogP contribution < -0.4 is 5.73 Å². The Bertz CT molecular complexity index is 652. The van der Waals surface area contributed by atoms with Gasteiger partial charge in [-0.2, -0.15) is 0 Å². The molecule has 2 rings (SSSR count). The van der Waals surface area contributed by atoms with E-state index >= 15 is 0 Å². The summed E-state index contributed by atoms with van der Waals surface area (Å²) < 4.78 is 5.13. The molecule has 1 aliphatic rings. The molecule has 0 aliphatic carbocycles. The number of nitrogens with two attached hydrogens (primary N) is 1. The summed E-state index contributed by atoms with van der Waals surface area (Å²) in [5.41, 5.74) is 5.90. The van der Waals surface area contributed by atoms with Crippen molar-refractivity contribution in [1.29, 1.82) is 0 Å². The van der Waals surface area contributed by atoms with Gasteiger partial charge in [0.2, 0.25) is 0 Å². The van der Waals surface area contributed by atoms with Crippen molar-refractivity contribution in [3.8, 4) is 0 Å². The topological polar surface area (TPSA) is 92.9 Å². The molecular formula is C15H15N3O4. The zero-order valence-corrected chi connectivity index (χ0v) is 11.9. The normalized spacial score (nSPS) is 14.4. The van der Waals surface area contributed by atoms with Crippen LogP contribution >= 0.6 is 0 Å². The molecule has 7 heteroatoms. The first-order valence-electron chi connectivity index (χ1n) is 6.45. The second kappa shape index (κ2) is 6.57. The van der Waals surface area contributed by atoms with Gasteiger partial charge in [-0.3, -0.25) is 9.59 Å². The van der Waals surface area contributed by atoms with Crippen LogP contribution in [0.5, 0.6) is 0 Å². The van der Waals surface area contributed by atoms with E-state index in [4.69, 9.17) is 10.5 Å². The molecule has 0 unspecified atom stereocenters. The molecule has 1 aliphatic heterocycles. The van der Waals surface area contributed by atoms with Crippen molar-refractivity contribution in [2.45, 2.75) is 6.61 Å². The van der Waals surface area contributed by atoms with Crippen LogP contribution in [0.25, 0.3) is 0 Å². The van der Waals surface area contributed by atoms with Gasteiger partial charge in [-0.15, -0.1) is 0 Å². The molecule has 0 saturated carbocycles. The first-order chi connectivity index (χ1) is 10.5. The van der Waals surface area contributed by atoms with Gasteiger partial charge in [0.25, 0.3) is 11.8 Å². The van der Waals surface area contributed by atoms with E-state index in [1.165, 1.54) is 13.2 Å². The predicted molar refractivity (Wildman–Crippen MR) is 77.7 cm³/mol. The van der Waals surface area contributed by atoms with Gasteiger partial charge in [-0.05, 0) is 5.56 Å². The number of carbonyl (C=O) groups excluding carboxylic acids is 3. The third kappa shape index (κ3) is 3.51. The van der Waals surface area contributed by atoms with E-state index in [1.807, 2.05) is 18.2 Å². The minimum absolute atomic E-state index is 0.0415. The fourth-order valence-electron chi connectivity index (χ4n) is 1.78. The summed E-state index contributed by atoms with van der Waals surface area (Å²) in [6, 6.07) is 9.08. The van der Waals surface area contributed by atoms with Crippen LogP contribution in [-0.2, 0) is 20.9 Å². The van der Waals surface area contributed by atoms with Gasteiger partial charge < -0.3 is 15.4 Å². The first kappa shape index (κ1) is 15.3. The maximum atomic E-state index is 12.1. The van der Waals surface area contributed by atoms with Crippen LogP contribution in [0.3, 0.4) is 0 Å². The monoisotopic (exact) mass is 301 g/mol. The minimum Gasteiger partial charge on any atom is -0.444 e. The summed E-state index contributed by atoms with van der Waals surface area (Å²) in [6.45, 7) is 0.0415. The van der Waals surface area contributed by atoms with Crippen LogP contribution in [0, 0.1) is 0 Å². The number of benzene rings is 1. The van der Waals surface area contributed by atoms with Crippen molar-refractivity contribution < 1.29 is 19.1 Å². The van der Waals surface area contributed by atoms with E-state index in [9.17, 15) is 14.4 Å². The Morgan fingerprint density at radius 2 is 1.91 bits per heavy atom. The van der Waals surface area contributed by atoms with Crippen molar-refractivity contribution >= 4 is 17.9 Å². The minimum atomic E-state index is -0.845. The molecule has 0 radical (unpaired) electrons. The SMILES string of the molecule is CN1C=C(C(N)=O)N(C(=O)OCc2ccccc2)C=CC1=O. The summed E-state index contributed by atoms with van der Waals surface area (Å²) in [6.07, 6.45) is 2.70. The molecule has 1 heterocycles. The second-order valence-electron chi connectivity index (χ2n) is 4.55. The molecular weight excluding hydrogens is 286 g/mol. The average Bonchev–Trinajstić information content (AvgIpc) is 2.66. The third-order valence-corrected chi connectivity index (χ3v) is 2.94. The average molecular weight is 301 g/mol. The predicted octanol–water partition coefficient (Wildman–Crippen LogP) is 0.938. The molecule has 0 saturated heterocycles. The lowest BCUT2D eigenvalue weighted by Gasteiger charge is -2.18. The maximum Gasteiger partial charge on any atom is 0.419 e. The summed E-state index contributed by atoms with van der Waals surface area (Å²) in [5, 5.41) is 0. The summed E-state index contributed by atoms with van der Waals surface area (Å²) in [4.78, 5) is 37.3. The molecule has 7 nitrogen and oxygen atoms in total. The summed E-state index contributed by atoms with van der Waals surface area (Å²) in [7, 11) is 1.45. The highest BCUT2D eigenvalue weighted by molar-refractivity contribution is 5.98. The zero-order chi connectivity index (χ0) is 16.1. The number of ether oxygens (including phenoxy) is 1. The van der Waals surface area contributed by atoms with Crippen molar-refractivity contribution in [2.75, 3.05) is 7.05 Å². The maximum absolute atomic E-state index is 12.1. The third-order valence-electron chi connectivity index (χ3n) is 2.94. The highest BCUT2D eigenvalue weighted by atomic mass is 16.6. The number of nitrogens with zero attached hydrogens (tertiary/aromatic N) is 2. The van der Waals surface area contributed by atoms with Gasteiger partial charge in [0.1, 0.15) is 12.3 Å². The van der Waals surface area contributed by atoms with Crippen molar-refractivity contribution in [1.82, 2.24) is 9.80 Å². The molecule has 3 amide bonds. The zero-order valence-electron chi connectivity index (χ0n) is 11.9. The Hall–Kier alpha value is -3.09. The molecule has 22 heavy (non-hydrogen) atoms. The smallest absolute Gasteiger partial charge is 0.419 e. The standard InChI is InChI=1S/C15H15N3O4/c1-17-9-12(14(16)20)18(8-7-13(17)19)15(21)22-10-11-5-3-2-4-6-11/h2-9H,10H2,1H3,(H2,16,20). The van der Waals surface area contributed by atoms with Crippen LogP contribution in [0.15, 0.2) is 54.5 Å². The highest BCUT2D eigenvalue weighted by Crippen LogP contribution is 2.14. The van der Waals surface area contributed by atoms with Gasteiger partial charge in [0, 0.05) is 25.5 Å². The molecule has 0 fully saturated rings. The molecule has 0 bridgehead atoms. The lowest BCUT2D eigenvalue weighted by molar-refractivity contribution is -0.122. The Labute approximate surface area is 127 Å². The quantitative estimate of drug-likeness (QED) is 0.899. The van der Waals surface area contributed by atoms with Gasteiger partial charge in [0.05, 0.1) is 0 Å². The molecule has 114 valence electrons. The summed E-state index contributed by atoms with van der Waals surface area (Å²) >= 11 is 0. The molecule has 0 atom stereocenters. The molecule has 0 aromatic heterocycles. The van der Waals surface area contributed by atoms with Gasteiger partial charge in [0.15, 0.2) is 0 Å². The number of rotatable bonds is 3. The lowest BCUT2D eigenvalue weighted by Crippen LogP contribution is -2.33. The van der Waals surface area contributed by atoms with Crippen molar-refractivity contribution in [2.24, 2.45) is 5.73 Å². The van der Waals surface area contributed by atoms with Crippen molar-refractivity contribution in [3.63, 3.8) is 0 Å². The van der Waals surface area contributed by atoms with E-state index in [0.29, 0.717) is 0 Å². The highest BCUT2D eigenvalue weighted by Gasteiger charge is 2.25. The van der Waals surface area contributed by atoms with Crippen LogP contribution in [0.4, 0.5) is 4.79 Å². The van der Waals surface area contributed by atoms with E-state index in [2.05, 4.69) is 0 Å². The lowest BCUT2D eigenvalue weighted by atomic mass is 10.2. The molecule has 2 N–H and O–H groups in total. The fourth-order valence-corrected chi connectivity index (χ4v) is 1.78. The van der Waals surface area contributed by atoms with E-state index in [0.717, 1.165) is 27.6 Å². The first-order valence-corrected chi connectivity index (χ1v) is 6.45. The number of hydrogen-bond acceptors (Lipinski definition) is 4. The molecule has 0 spiro atoms. The van der Waals surface area contributed by atoms with Crippen LogP contribution in [-0.4, -0.2) is 34.8 Å². The van der Waals surface area contributed by atoms with E-state index in [1.54, 1.807) is 12.1 Å².